The zero-order valence-electron chi connectivity index (χ0n) is 10.9. The number of nitrogens with one attached hydrogen (secondary N) is 1. The molecule has 96 valence electrons. The van der Waals surface area contributed by atoms with Crippen LogP contribution in [0.3, 0.4) is 0 Å². The van der Waals surface area contributed by atoms with Crippen LogP contribution in [0.15, 0.2) is 18.2 Å². The van der Waals surface area contributed by atoms with Crippen LogP contribution in [0.25, 0.3) is 0 Å². The van der Waals surface area contributed by atoms with Crippen molar-refractivity contribution < 1.29 is 0 Å². The van der Waals surface area contributed by atoms with Crippen molar-refractivity contribution in [2.45, 2.75) is 26.2 Å². The lowest BCUT2D eigenvalue weighted by Crippen LogP contribution is -2.21. The molecule has 0 bridgehead atoms. The van der Waals surface area contributed by atoms with Gasteiger partial charge in [-0.15, -0.1) is 0 Å². The average Bonchev–Trinajstić information content (AvgIpc) is 2.87. The summed E-state index contributed by atoms with van der Waals surface area (Å²) in [5.41, 5.74) is 8.83. The topological polar surface area (TPSA) is 53.1 Å². The Morgan fingerprint density at radius 1 is 1.28 bits per heavy atom. The molecule has 1 saturated carbocycles. The molecule has 2 aliphatic rings. The maximum atomic E-state index is 7.52. The Bertz CT molecular complexity index is 469. The van der Waals surface area contributed by atoms with E-state index in [1.165, 1.54) is 38.0 Å². The van der Waals surface area contributed by atoms with Crippen molar-refractivity contribution in [2.24, 2.45) is 17.6 Å². The maximum Gasteiger partial charge on any atom is 0.123 e. The summed E-state index contributed by atoms with van der Waals surface area (Å²) in [7, 11) is 0. The number of benzene rings is 1. The van der Waals surface area contributed by atoms with Gasteiger partial charge in [0.1, 0.15) is 5.84 Å². The van der Waals surface area contributed by atoms with Gasteiger partial charge in [-0.1, -0.05) is 6.42 Å². The molecule has 0 amide bonds. The molecule has 1 aromatic rings. The summed E-state index contributed by atoms with van der Waals surface area (Å²) < 4.78 is 0. The number of hydrogen-bond acceptors (Lipinski definition) is 2. The van der Waals surface area contributed by atoms with Gasteiger partial charge in [-0.2, -0.15) is 0 Å². The van der Waals surface area contributed by atoms with Gasteiger partial charge in [0.2, 0.25) is 0 Å². The number of hydrogen-bond donors (Lipinski definition) is 2. The molecule has 3 nitrogen and oxygen atoms in total. The van der Waals surface area contributed by atoms with Gasteiger partial charge in [-0.05, 0) is 55.4 Å². The van der Waals surface area contributed by atoms with E-state index in [2.05, 4.69) is 17.0 Å². The molecular formula is C15H21N3. The second kappa shape index (κ2) is 4.30. The van der Waals surface area contributed by atoms with E-state index < -0.39 is 0 Å². The van der Waals surface area contributed by atoms with E-state index in [0.717, 1.165) is 23.0 Å². The highest BCUT2D eigenvalue weighted by Crippen LogP contribution is 2.39. The Morgan fingerprint density at radius 2 is 1.94 bits per heavy atom. The Hall–Kier alpha value is -1.51. The SMILES string of the molecule is Cc1cc(N2CC3CCCC3C2)ccc1C(=N)N. The molecule has 3 heteroatoms. The summed E-state index contributed by atoms with van der Waals surface area (Å²) in [5.74, 6) is 1.99. The van der Waals surface area contributed by atoms with Gasteiger partial charge in [-0.25, -0.2) is 0 Å². The maximum absolute atomic E-state index is 7.52. The van der Waals surface area contributed by atoms with E-state index in [9.17, 15) is 0 Å². The Balaban J connectivity index is 1.81. The van der Waals surface area contributed by atoms with E-state index in [0.29, 0.717) is 0 Å². The molecule has 1 heterocycles. The van der Waals surface area contributed by atoms with Crippen LogP contribution >= 0.6 is 0 Å². The van der Waals surface area contributed by atoms with Crippen molar-refractivity contribution in [3.05, 3.63) is 29.3 Å². The number of nitrogen functional groups attached to an aromatic ring is 1. The smallest absolute Gasteiger partial charge is 0.123 e. The van der Waals surface area contributed by atoms with Gasteiger partial charge in [0.25, 0.3) is 0 Å². The third-order valence-electron chi connectivity index (χ3n) is 4.59. The third kappa shape index (κ3) is 1.88. The Morgan fingerprint density at radius 3 is 2.50 bits per heavy atom. The lowest BCUT2D eigenvalue weighted by molar-refractivity contribution is 0.494. The lowest BCUT2D eigenvalue weighted by Gasteiger charge is -2.20. The zero-order chi connectivity index (χ0) is 12.7. The van der Waals surface area contributed by atoms with Crippen molar-refractivity contribution in [1.29, 1.82) is 5.41 Å². The molecule has 0 radical (unpaired) electrons. The van der Waals surface area contributed by atoms with Crippen molar-refractivity contribution >= 4 is 11.5 Å². The lowest BCUT2D eigenvalue weighted by atomic mass is 10.0. The number of amidine groups is 1. The second-order valence-corrected chi connectivity index (χ2v) is 5.77. The number of rotatable bonds is 2. The summed E-state index contributed by atoms with van der Waals surface area (Å²) in [4.78, 5) is 2.51. The monoisotopic (exact) mass is 243 g/mol. The predicted molar refractivity (Wildman–Crippen MR) is 75.2 cm³/mol. The molecule has 1 saturated heterocycles. The van der Waals surface area contributed by atoms with Gasteiger partial charge < -0.3 is 10.6 Å². The van der Waals surface area contributed by atoms with Crippen LogP contribution in [-0.4, -0.2) is 18.9 Å². The molecule has 18 heavy (non-hydrogen) atoms. The minimum absolute atomic E-state index is 0.164. The van der Waals surface area contributed by atoms with Crippen LogP contribution in [0.5, 0.6) is 0 Å². The average molecular weight is 243 g/mol. The summed E-state index contributed by atoms with van der Waals surface area (Å²) in [6.07, 6.45) is 4.24. The fraction of sp³-hybridized carbons (Fsp3) is 0.533. The summed E-state index contributed by atoms with van der Waals surface area (Å²) in [6, 6.07) is 6.28. The molecule has 0 aromatic heterocycles. The van der Waals surface area contributed by atoms with Crippen LogP contribution < -0.4 is 10.6 Å². The molecule has 2 unspecified atom stereocenters. The zero-order valence-corrected chi connectivity index (χ0v) is 10.9. The second-order valence-electron chi connectivity index (χ2n) is 5.77. The van der Waals surface area contributed by atoms with Crippen LogP contribution in [0.4, 0.5) is 5.69 Å². The first-order valence-corrected chi connectivity index (χ1v) is 6.85. The van der Waals surface area contributed by atoms with Crippen LogP contribution in [-0.2, 0) is 0 Å². The molecule has 0 spiro atoms. The number of fused-ring (bicyclic) bond motifs is 1. The first-order valence-electron chi connectivity index (χ1n) is 6.85. The van der Waals surface area contributed by atoms with Gasteiger partial charge >= 0.3 is 0 Å². The van der Waals surface area contributed by atoms with E-state index in [1.807, 2.05) is 13.0 Å². The Labute approximate surface area is 108 Å². The molecule has 1 aromatic carbocycles. The first-order chi connectivity index (χ1) is 8.65. The minimum Gasteiger partial charge on any atom is -0.384 e. The van der Waals surface area contributed by atoms with E-state index >= 15 is 0 Å². The number of nitrogens with zero attached hydrogens (tertiary/aromatic N) is 1. The standard InChI is InChI=1S/C15H21N3/c1-10-7-13(5-6-14(10)15(16)17)18-8-11-3-2-4-12(11)9-18/h5-7,11-12H,2-4,8-9H2,1H3,(H3,16,17). The van der Waals surface area contributed by atoms with Gasteiger partial charge in [0, 0.05) is 24.3 Å². The van der Waals surface area contributed by atoms with Crippen LogP contribution in [0, 0.1) is 24.2 Å². The van der Waals surface area contributed by atoms with E-state index in [4.69, 9.17) is 11.1 Å². The van der Waals surface area contributed by atoms with Crippen molar-refractivity contribution in [3.8, 4) is 0 Å². The third-order valence-corrected chi connectivity index (χ3v) is 4.59. The largest absolute Gasteiger partial charge is 0.384 e. The molecule has 2 fully saturated rings. The summed E-state index contributed by atoms with van der Waals surface area (Å²) in [5, 5.41) is 7.52. The molecule has 1 aliphatic carbocycles. The van der Waals surface area contributed by atoms with Gasteiger partial charge in [0.05, 0.1) is 0 Å². The van der Waals surface area contributed by atoms with Crippen molar-refractivity contribution in [3.63, 3.8) is 0 Å². The molecular weight excluding hydrogens is 222 g/mol. The van der Waals surface area contributed by atoms with Crippen molar-refractivity contribution in [2.75, 3.05) is 18.0 Å². The van der Waals surface area contributed by atoms with E-state index in [-0.39, 0.29) is 5.84 Å². The first kappa shape index (κ1) is 11.6. The summed E-state index contributed by atoms with van der Waals surface area (Å²) >= 11 is 0. The minimum atomic E-state index is 0.164. The van der Waals surface area contributed by atoms with Gasteiger partial charge in [-0.3, -0.25) is 5.41 Å². The molecule has 2 atom stereocenters. The van der Waals surface area contributed by atoms with Crippen molar-refractivity contribution in [1.82, 2.24) is 0 Å². The van der Waals surface area contributed by atoms with Crippen LogP contribution in [0.1, 0.15) is 30.4 Å². The predicted octanol–water partition coefficient (Wildman–Crippen LogP) is 2.52. The van der Waals surface area contributed by atoms with Gasteiger partial charge in [0.15, 0.2) is 0 Å². The van der Waals surface area contributed by atoms with Crippen LogP contribution in [0.2, 0.25) is 0 Å². The number of nitrogens with two attached hydrogens (primary N) is 1. The summed E-state index contributed by atoms with van der Waals surface area (Å²) in [6.45, 7) is 4.46. The fourth-order valence-corrected chi connectivity index (χ4v) is 3.59. The fourth-order valence-electron chi connectivity index (χ4n) is 3.59. The normalized spacial score (nSPS) is 26.4. The molecule has 3 N–H and O–H groups in total. The highest BCUT2D eigenvalue weighted by molar-refractivity contribution is 5.96. The van der Waals surface area contributed by atoms with E-state index in [1.54, 1.807) is 0 Å². The number of aryl methyl sites for hydroxylation is 1. The number of anilines is 1. The molecule has 3 rings (SSSR count). The Kier molecular flexibility index (Phi) is 2.77. The highest BCUT2D eigenvalue weighted by Gasteiger charge is 2.36. The quantitative estimate of drug-likeness (QED) is 0.619. The highest BCUT2D eigenvalue weighted by atomic mass is 15.2. The molecule has 1 aliphatic heterocycles.